The van der Waals surface area contributed by atoms with Crippen molar-refractivity contribution in [2.24, 2.45) is 0 Å². The maximum Gasteiger partial charge on any atom is 0.330 e. The Labute approximate surface area is 192 Å². The third-order valence-corrected chi connectivity index (χ3v) is 6.48. The number of nitrogens with zero attached hydrogens (tertiary/aromatic N) is 3. The van der Waals surface area contributed by atoms with E-state index >= 15 is 0 Å². The van der Waals surface area contributed by atoms with Gasteiger partial charge in [-0.15, -0.1) is 0 Å². The van der Waals surface area contributed by atoms with Crippen LogP contribution < -0.4 is 9.80 Å². The lowest BCUT2D eigenvalue weighted by Crippen LogP contribution is -2.45. The van der Waals surface area contributed by atoms with Crippen molar-refractivity contribution in [2.75, 3.05) is 9.80 Å². The van der Waals surface area contributed by atoms with Crippen LogP contribution in [0.15, 0.2) is 72.8 Å². The van der Waals surface area contributed by atoms with Gasteiger partial charge in [0.15, 0.2) is 5.69 Å². The van der Waals surface area contributed by atoms with Gasteiger partial charge in [0.25, 0.3) is 0 Å². The molecule has 0 saturated carbocycles. The highest BCUT2D eigenvalue weighted by Crippen LogP contribution is 2.49. The number of halogens is 2. The highest BCUT2D eigenvalue weighted by molar-refractivity contribution is 6.31. The Morgan fingerprint density at radius 2 is 1.55 bits per heavy atom. The second-order valence-corrected chi connectivity index (χ2v) is 8.63. The molecule has 1 fully saturated rings. The molecule has 156 valence electrons. The van der Waals surface area contributed by atoms with Gasteiger partial charge in [-0.2, -0.15) is 0 Å². The van der Waals surface area contributed by atoms with Crippen molar-refractivity contribution in [3.05, 3.63) is 99.8 Å². The number of rotatable bonds is 4. The third-order valence-electron chi connectivity index (χ3n) is 5.98. The van der Waals surface area contributed by atoms with Crippen molar-refractivity contribution in [3.8, 4) is 0 Å². The van der Waals surface area contributed by atoms with E-state index in [2.05, 4.69) is 18.7 Å². The van der Waals surface area contributed by atoms with Gasteiger partial charge in [0.1, 0.15) is 0 Å². The first-order valence-electron chi connectivity index (χ1n) is 10.0. The van der Waals surface area contributed by atoms with E-state index in [0.29, 0.717) is 22.2 Å². The van der Waals surface area contributed by atoms with Crippen molar-refractivity contribution in [1.82, 2.24) is 0 Å². The van der Waals surface area contributed by atoms with Crippen molar-refractivity contribution in [3.63, 3.8) is 0 Å². The Bertz CT molecular complexity index is 1150. The maximum absolute atomic E-state index is 13.9. The minimum absolute atomic E-state index is 0.132. The molecule has 0 aliphatic carbocycles. The summed E-state index contributed by atoms with van der Waals surface area (Å²) in [5.41, 5.74) is 2.43. The van der Waals surface area contributed by atoms with Gasteiger partial charge in [0.05, 0.1) is 18.2 Å². The third kappa shape index (κ3) is 3.65. The Hall–Kier alpha value is -3.00. The molecule has 1 saturated heterocycles. The van der Waals surface area contributed by atoms with Gasteiger partial charge < -0.3 is 0 Å². The molecule has 0 radical (unpaired) electrons. The van der Waals surface area contributed by atoms with Crippen LogP contribution in [0.25, 0.3) is 4.85 Å². The van der Waals surface area contributed by atoms with Gasteiger partial charge in [-0.05, 0) is 67.4 Å². The molecule has 4 nitrogen and oxygen atoms in total. The van der Waals surface area contributed by atoms with E-state index in [1.54, 1.807) is 35.2 Å². The average molecular weight is 450 g/mol. The van der Waals surface area contributed by atoms with Gasteiger partial charge in [0.2, 0.25) is 0 Å². The lowest BCUT2D eigenvalue weighted by Gasteiger charge is -2.38. The zero-order valence-electron chi connectivity index (χ0n) is 17.2. The van der Waals surface area contributed by atoms with Gasteiger partial charge in [0, 0.05) is 21.4 Å². The SMILES string of the molecule is [C-]#[N+]c1cccc([C@H]2N(c3ccc(Cl)cc3)C(=O)N(c3ccc(Cl)cc3)[C@]2(C)CC)c1. The fourth-order valence-electron chi connectivity index (χ4n) is 4.32. The van der Waals surface area contributed by atoms with Gasteiger partial charge in [-0.25, -0.2) is 9.64 Å². The molecule has 1 aliphatic heterocycles. The minimum Gasteiger partial charge on any atom is -0.286 e. The highest BCUT2D eigenvalue weighted by Gasteiger charge is 2.55. The molecule has 0 spiro atoms. The number of amides is 2. The zero-order valence-corrected chi connectivity index (χ0v) is 18.7. The number of hydrogen-bond donors (Lipinski definition) is 0. The van der Waals surface area contributed by atoms with E-state index in [-0.39, 0.29) is 12.1 Å². The summed E-state index contributed by atoms with van der Waals surface area (Å²) in [6.07, 6.45) is 0.707. The van der Waals surface area contributed by atoms with E-state index in [1.807, 2.05) is 47.4 Å². The van der Waals surface area contributed by atoms with Gasteiger partial charge >= 0.3 is 6.03 Å². The molecule has 3 aromatic carbocycles. The zero-order chi connectivity index (χ0) is 22.2. The number of hydrogen-bond acceptors (Lipinski definition) is 1. The first-order valence-corrected chi connectivity index (χ1v) is 10.8. The van der Waals surface area contributed by atoms with Gasteiger partial charge in [-0.3, -0.25) is 9.80 Å². The van der Waals surface area contributed by atoms with Crippen LogP contribution in [-0.4, -0.2) is 11.6 Å². The van der Waals surface area contributed by atoms with E-state index in [9.17, 15) is 4.79 Å². The molecule has 0 bridgehead atoms. The Balaban J connectivity index is 1.94. The van der Waals surface area contributed by atoms with Crippen LogP contribution in [0.4, 0.5) is 21.9 Å². The summed E-state index contributed by atoms with van der Waals surface area (Å²) < 4.78 is 0. The quantitative estimate of drug-likeness (QED) is 0.371. The molecule has 0 N–H and O–H groups in total. The number of carbonyl (C=O) groups is 1. The molecule has 2 atom stereocenters. The average Bonchev–Trinajstić information content (AvgIpc) is 3.02. The Morgan fingerprint density at radius 1 is 0.968 bits per heavy atom. The molecule has 3 aromatic rings. The Morgan fingerprint density at radius 3 is 2.10 bits per heavy atom. The number of carbonyl (C=O) groups excluding carboxylic acids is 1. The van der Waals surface area contributed by atoms with Crippen LogP contribution in [0.3, 0.4) is 0 Å². The molecule has 0 aromatic heterocycles. The predicted octanol–water partition coefficient (Wildman–Crippen LogP) is 7.90. The molecule has 1 aliphatic rings. The Kier molecular flexibility index (Phi) is 5.66. The molecule has 31 heavy (non-hydrogen) atoms. The van der Waals surface area contributed by atoms with Crippen LogP contribution in [0.2, 0.25) is 10.0 Å². The monoisotopic (exact) mass is 449 g/mol. The first kappa shape index (κ1) is 21.2. The summed E-state index contributed by atoms with van der Waals surface area (Å²) in [5, 5.41) is 1.22. The molecular formula is C25H21Cl2N3O. The van der Waals surface area contributed by atoms with Crippen molar-refractivity contribution in [1.29, 1.82) is 0 Å². The molecule has 6 heteroatoms. The lowest BCUT2D eigenvalue weighted by molar-refractivity contribution is 0.254. The fraction of sp³-hybridized carbons (Fsp3) is 0.200. The number of urea groups is 1. The summed E-state index contributed by atoms with van der Waals surface area (Å²) in [5.74, 6) is 0. The van der Waals surface area contributed by atoms with E-state index in [0.717, 1.165) is 16.9 Å². The summed E-state index contributed by atoms with van der Waals surface area (Å²) >= 11 is 12.2. The van der Waals surface area contributed by atoms with Gasteiger partial charge in [-0.1, -0.05) is 54.4 Å². The van der Waals surface area contributed by atoms with Crippen molar-refractivity contribution >= 4 is 46.3 Å². The smallest absolute Gasteiger partial charge is 0.286 e. The van der Waals surface area contributed by atoms with Crippen LogP contribution in [0.1, 0.15) is 31.9 Å². The van der Waals surface area contributed by atoms with E-state index in [4.69, 9.17) is 29.8 Å². The maximum atomic E-state index is 13.9. The minimum atomic E-state index is -0.564. The van der Waals surface area contributed by atoms with Crippen LogP contribution in [0.5, 0.6) is 0 Å². The molecular weight excluding hydrogens is 429 g/mol. The summed E-state index contributed by atoms with van der Waals surface area (Å²) in [6.45, 7) is 11.6. The molecule has 4 rings (SSSR count). The molecule has 2 amide bonds. The summed E-state index contributed by atoms with van der Waals surface area (Å²) in [7, 11) is 0. The summed E-state index contributed by atoms with van der Waals surface area (Å²) in [4.78, 5) is 21.2. The highest BCUT2D eigenvalue weighted by atomic mass is 35.5. The first-order chi connectivity index (χ1) is 14.9. The second kappa shape index (κ2) is 8.26. The van der Waals surface area contributed by atoms with Crippen molar-refractivity contribution in [2.45, 2.75) is 31.8 Å². The van der Waals surface area contributed by atoms with Crippen molar-refractivity contribution < 1.29 is 4.79 Å². The fourth-order valence-corrected chi connectivity index (χ4v) is 4.57. The largest absolute Gasteiger partial charge is 0.330 e. The topological polar surface area (TPSA) is 27.9 Å². The van der Waals surface area contributed by atoms with Crippen LogP contribution in [0, 0.1) is 6.57 Å². The van der Waals surface area contributed by atoms with E-state index in [1.165, 1.54) is 0 Å². The van der Waals surface area contributed by atoms with E-state index < -0.39 is 5.54 Å². The number of benzene rings is 3. The standard InChI is InChI=1S/C25H21Cl2N3O/c1-4-25(2)23(17-6-5-7-20(16-17)28-3)29(21-12-8-18(26)9-13-21)24(31)30(25)22-14-10-19(27)11-15-22/h5-16,23H,4H2,1-2H3/t23-,25-/m1/s1. The van der Waals surface area contributed by atoms with Crippen LogP contribution in [-0.2, 0) is 0 Å². The molecule has 0 unspecified atom stereocenters. The normalized spacial score (nSPS) is 20.7. The van der Waals surface area contributed by atoms with Crippen LogP contribution >= 0.6 is 23.2 Å². The lowest BCUT2D eigenvalue weighted by atomic mass is 9.83. The molecule has 1 heterocycles. The number of anilines is 2. The summed E-state index contributed by atoms with van der Waals surface area (Å²) in [6, 6.07) is 21.7. The predicted molar refractivity (Wildman–Crippen MR) is 127 cm³/mol. The second-order valence-electron chi connectivity index (χ2n) is 7.76.